The molecule has 3 aromatic rings. The molecule has 0 bridgehead atoms. The normalized spacial score (nSPS) is 11.9. The van der Waals surface area contributed by atoms with E-state index < -0.39 is 38.1 Å². The maximum absolute atomic E-state index is 12.9. The number of carbonyl (C=O) groups is 1. The largest absolute Gasteiger partial charge is 0.496 e. The Balaban J connectivity index is 1.70. The van der Waals surface area contributed by atoms with Crippen molar-refractivity contribution in [3.63, 3.8) is 0 Å². The number of hydrogen-bond donors (Lipinski definition) is 1. The van der Waals surface area contributed by atoms with Crippen molar-refractivity contribution in [2.45, 2.75) is 23.4 Å². The highest BCUT2D eigenvalue weighted by Gasteiger charge is 2.32. The minimum atomic E-state index is -4.66. The molecule has 0 unspecified atom stereocenters. The van der Waals surface area contributed by atoms with E-state index in [9.17, 15) is 26.4 Å². The standard InChI is InChI=1S/C21H18F3NO5S/c1-29-18-8-3-2-5-14(18)12-25-20(26)19-10-9-16(30-19)13-31(27,28)17-7-4-6-15(11-17)21(22,23)24/h2-11H,12-13H2,1H3,(H,25,26). The molecular formula is C21H18F3NO5S. The average molecular weight is 453 g/mol. The van der Waals surface area contributed by atoms with E-state index in [0.717, 1.165) is 23.8 Å². The van der Waals surface area contributed by atoms with Crippen molar-refractivity contribution in [2.75, 3.05) is 7.11 Å². The summed E-state index contributed by atoms with van der Waals surface area (Å²) >= 11 is 0. The predicted octanol–water partition coefficient (Wildman–Crippen LogP) is 4.21. The van der Waals surface area contributed by atoms with Crippen LogP contribution in [0, 0.1) is 0 Å². The molecule has 10 heteroatoms. The Morgan fingerprint density at radius 3 is 2.52 bits per heavy atom. The van der Waals surface area contributed by atoms with Crippen LogP contribution in [0.2, 0.25) is 0 Å². The molecule has 0 spiro atoms. The van der Waals surface area contributed by atoms with Gasteiger partial charge in [-0.15, -0.1) is 0 Å². The fraction of sp³-hybridized carbons (Fsp3) is 0.190. The number of para-hydroxylation sites is 1. The summed E-state index contributed by atoms with van der Waals surface area (Å²) in [5, 5.41) is 2.63. The van der Waals surface area contributed by atoms with Crippen molar-refractivity contribution in [1.29, 1.82) is 0 Å². The second-order valence-electron chi connectivity index (χ2n) is 6.55. The maximum Gasteiger partial charge on any atom is 0.416 e. The van der Waals surface area contributed by atoms with Crippen LogP contribution in [0.4, 0.5) is 13.2 Å². The molecule has 2 aromatic carbocycles. The number of nitrogens with one attached hydrogen (secondary N) is 1. The van der Waals surface area contributed by atoms with Gasteiger partial charge in [0.1, 0.15) is 17.3 Å². The van der Waals surface area contributed by atoms with Crippen LogP contribution in [0.15, 0.2) is 70.0 Å². The number of methoxy groups -OCH3 is 1. The topological polar surface area (TPSA) is 85.6 Å². The number of rotatable bonds is 7. The van der Waals surface area contributed by atoms with Gasteiger partial charge in [-0.1, -0.05) is 24.3 Å². The fourth-order valence-corrected chi connectivity index (χ4v) is 4.11. The molecule has 0 fully saturated rings. The molecule has 164 valence electrons. The Labute approximate surface area is 176 Å². The number of alkyl halides is 3. The number of carbonyl (C=O) groups excluding carboxylic acids is 1. The van der Waals surface area contributed by atoms with Gasteiger partial charge in [-0.25, -0.2) is 8.42 Å². The fourth-order valence-electron chi connectivity index (χ4n) is 2.83. The van der Waals surface area contributed by atoms with Gasteiger partial charge in [0.15, 0.2) is 15.6 Å². The number of hydrogen-bond acceptors (Lipinski definition) is 5. The number of furan rings is 1. The number of ether oxygens (including phenoxy) is 1. The monoisotopic (exact) mass is 453 g/mol. The predicted molar refractivity (Wildman–Crippen MR) is 105 cm³/mol. The smallest absolute Gasteiger partial charge is 0.416 e. The highest BCUT2D eigenvalue weighted by molar-refractivity contribution is 7.90. The molecule has 6 nitrogen and oxygen atoms in total. The first-order chi connectivity index (χ1) is 14.6. The zero-order chi connectivity index (χ0) is 22.6. The lowest BCUT2D eigenvalue weighted by molar-refractivity contribution is -0.137. The molecule has 0 aliphatic carbocycles. The second kappa shape index (κ2) is 8.84. The third-order valence-electron chi connectivity index (χ3n) is 4.37. The molecule has 0 saturated heterocycles. The summed E-state index contributed by atoms with van der Waals surface area (Å²) < 4.78 is 74.1. The Morgan fingerprint density at radius 2 is 1.81 bits per heavy atom. The molecule has 1 N–H and O–H groups in total. The van der Waals surface area contributed by atoms with Gasteiger partial charge in [-0.05, 0) is 36.4 Å². The first kappa shape index (κ1) is 22.4. The lowest BCUT2D eigenvalue weighted by Gasteiger charge is -2.09. The molecule has 0 atom stereocenters. The minimum absolute atomic E-state index is 0.0696. The van der Waals surface area contributed by atoms with E-state index in [4.69, 9.17) is 9.15 Å². The molecule has 3 rings (SSSR count). The van der Waals surface area contributed by atoms with Crippen molar-refractivity contribution >= 4 is 15.7 Å². The van der Waals surface area contributed by atoms with Gasteiger partial charge < -0.3 is 14.5 Å². The molecule has 0 aliphatic rings. The van der Waals surface area contributed by atoms with Gasteiger partial charge >= 0.3 is 6.18 Å². The van der Waals surface area contributed by atoms with E-state index >= 15 is 0 Å². The van der Waals surface area contributed by atoms with Crippen molar-refractivity contribution in [2.24, 2.45) is 0 Å². The third kappa shape index (κ3) is 5.46. The number of amides is 1. The van der Waals surface area contributed by atoms with Crippen molar-refractivity contribution in [3.8, 4) is 5.75 Å². The van der Waals surface area contributed by atoms with E-state index in [-0.39, 0.29) is 18.1 Å². The first-order valence-corrected chi connectivity index (χ1v) is 10.6. The molecule has 1 amide bonds. The Hall–Kier alpha value is -3.27. The Kier molecular flexibility index (Phi) is 6.40. The van der Waals surface area contributed by atoms with Gasteiger partial charge in [-0.2, -0.15) is 13.2 Å². The first-order valence-electron chi connectivity index (χ1n) is 8.99. The number of halogens is 3. The molecule has 0 aliphatic heterocycles. The molecule has 0 radical (unpaired) electrons. The van der Waals surface area contributed by atoms with Crippen LogP contribution in [0.25, 0.3) is 0 Å². The zero-order valence-electron chi connectivity index (χ0n) is 16.3. The molecule has 31 heavy (non-hydrogen) atoms. The van der Waals surface area contributed by atoms with E-state index in [1.165, 1.54) is 19.2 Å². The highest BCUT2D eigenvalue weighted by atomic mass is 32.2. The van der Waals surface area contributed by atoms with Crippen molar-refractivity contribution in [3.05, 3.63) is 83.3 Å². The summed E-state index contributed by atoms with van der Waals surface area (Å²) in [5.74, 6) is -0.860. The quantitative estimate of drug-likeness (QED) is 0.579. The molecular weight excluding hydrogens is 435 g/mol. The molecule has 1 heterocycles. The van der Waals surface area contributed by atoms with Gasteiger partial charge in [0.25, 0.3) is 5.91 Å². The van der Waals surface area contributed by atoms with Crippen LogP contribution in [-0.2, 0) is 28.3 Å². The summed E-state index contributed by atoms with van der Waals surface area (Å²) in [6.45, 7) is 0.154. The number of sulfone groups is 1. The minimum Gasteiger partial charge on any atom is -0.496 e. The third-order valence-corrected chi connectivity index (χ3v) is 6.01. The molecule has 1 aromatic heterocycles. The van der Waals surface area contributed by atoms with Crippen LogP contribution in [0.3, 0.4) is 0 Å². The second-order valence-corrected chi connectivity index (χ2v) is 8.53. The van der Waals surface area contributed by atoms with Crippen LogP contribution < -0.4 is 10.1 Å². The molecule has 0 saturated carbocycles. The van der Waals surface area contributed by atoms with E-state index in [1.807, 2.05) is 0 Å². The van der Waals surface area contributed by atoms with Crippen LogP contribution in [0.5, 0.6) is 5.75 Å². The van der Waals surface area contributed by atoms with Gasteiger partial charge in [0, 0.05) is 12.1 Å². The number of benzene rings is 2. The van der Waals surface area contributed by atoms with Crippen LogP contribution >= 0.6 is 0 Å². The van der Waals surface area contributed by atoms with Gasteiger partial charge in [-0.3, -0.25) is 4.79 Å². The van der Waals surface area contributed by atoms with Crippen molar-refractivity contribution in [1.82, 2.24) is 5.32 Å². The van der Waals surface area contributed by atoms with Gasteiger partial charge in [0.05, 0.1) is 17.6 Å². The summed E-state index contributed by atoms with van der Waals surface area (Å²) in [7, 11) is -2.61. The van der Waals surface area contributed by atoms with E-state index in [2.05, 4.69) is 5.32 Å². The SMILES string of the molecule is COc1ccccc1CNC(=O)c1ccc(CS(=O)(=O)c2cccc(C(F)(F)F)c2)o1. The average Bonchev–Trinajstić information content (AvgIpc) is 3.19. The summed E-state index contributed by atoms with van der Waals surface area (Å²) in [4.78, 5) is 11.8. The van der Waals surface area contributed by atoms with Crippen LogP contribution in [0.1, 0.15) is 27.4 Å². The van der Waals surface area contributed by atoms with Gasteiger partial charge in [0.2, 0.25) is 0 Å². The van der Waals surface area contributed by atoms with E-state index in [0.29, 0.717) is 11.8 Å². The summed E-state index contributed by atoms with van der Waals surface area (Å²) in [6, 6.07) is 13.1. The van der Waals surface area contributed by atoms with Crippen molar-refractivity contribution < 1.29 is 35.5 Å². The van der Waals surface area contributed by atoms with E-state index in [1.54, 1.807) is 24.3 Å². The summed E-state index contributed by atoms with van der Waals surface area (Å²) in [6.07, 6.45) is -4.66. The lowest BCUT2D eigenvalue weighted by Crippen LogP contribution is -2.22. The Bertz CT molecular complexity index is 1190. The maximum atomic E-state index is 12.9. The zero-order valence-corrected chi connectivity index (χ0v) is 17.1. The lowest BCUT2D eigenvalue weighted by atomic mass is 10.2. The highest BCUT2D eigenvalue weighted by Crippen LogP contribution is 2.31. The van der Waals surface area contributed by atoms with Crippen LogP contribution in [-0.4, -0.2) is 21.4 Å². The Morgan fingerprint density at radius 1 is 1.06 bits per heavy atom. The summed E-state index contributed by atoms with van der Waals surface area (Å²) in [5.41, 5.74) is -0.332.